The third kappa shape index (κ3) is 1.42. The molecule has 2 nitrogen and oxygen atoms in total. The Morgan fingerprint density at radius 1 is 1.16 bits per heavy atom. The predicted octanol–water partition coefficient (Wildman–Crippen LogP) is 4.10. The molecule has 2 heterocycles. The number of thioether (sulfide) groups is 1. The van der Waals surface area contributed by atoms with Crippen molar-refractivity contribution >= 4 is 39.4 Å². The van der Waals surface area contributed by atoms with Crippen molar-refractivity contribution in [2.24, 2.45) is 0 Å². The van der Waals surface area contributed by atoms with Gasteiger partial charge in [0.15, 0.2) is 5.78 Å². The zero-order valence-corrected chi connectivity index (χ0v) is 11.5. The van der Waals surface area contributed by atoms with Crippen LogP contribution in [0.25, 0.3) is 21.8 Å². The molecule has 0 aliphatic carbocycles. The first-order chi connectivity index (χ1) is 9.29. The molecule has 0 bridgehead atoms. The molecule has 0 atom stereocenters. The summed E-state index contributed by atoms with van der Waals surface area (Å²) in [4.78, 5) is 13.0. The second kappa shape index (κ2) is 3.87. The van der Waals surface area contributed by atoms with Gasteiger partial charge in [-0.25, -0.2) is 0 Å². The van der Waals surface area contributed by atoms with E-state index in [1.807, 2.05) is 0 Å². The van der Waals surface area contributed by atoms with Crippen LogP contribution >= 0.6 is 11.8 Å². The SMILES string of the molecule is CCn1c2ccccc2c2cc3c(cc21)C(=O)CS3. The number of hydrogen-bond donors (Lipinski definition) is 0. The van der Waals surface area contributed by atoms with Gasteiger partial charge in [-0.1, -0.05) is 18.2 Å². The van der Waals surface area contributed by atoms with Crippen molar-refractivity contribution in [2.75, 3.05) is 5.75 Å². The van der Waals surface area contributed by atoms with Gasteiger partial charge >= 0.3 is 0 Å². The average Bonchev–Trinajstić information content (AvgIpc) is 2.95. The third-order valence-corrected chi connectivity index (χ3v) is 4.90. The number of rotatable bonds is 1. The molecule has 2 aromatic carbocycles. The number of para-hydroxylation sites is 1. The molecule has 1 aliphatic rings. The number of ketones is 1. The number of benzene rings is 2. The van der Waals surface area contributed by atoms with E-state index in [-0.39, 0.29) is 5.78 Å². The molecule has 0 saturated heterocycles. The van der Waals surface area contributed by atoms with Crippen molar-refractivity contribution in [3.63, 3.8) is 0 Å². The lowest BCUT2D eigenvalue weighted by molar-refractivity contribution is 0.102. The van der Waals surface area contributed by atoms with E-state index in [4.69, 9.17) is 0 Å². The van der Waals surface area contributed by atoms with Gasteiger partial charge in [0, 0.05) is 38.8 Å². The van der Waals surface area contributed by atoms with Crippen molar-refractivity contribution in [2.45, 2.75) is 18.4 Å². The summed E-state index contributed by atoms with van der Waals surface area (Å²) in [5.41, 5.74) is 3.33. The van der Waals surface area contributed by atoms with Gasteiger partial charge in [-0.3, -0.25) is 4.79 Å². The highest BCUT2D eigenvalue weighted by atomic mass is 32.2. The smallest absolute Gasteiger partial charge is 0.174 e. The van der Waals surface area contributed by atoms with Crippen molar-refractivity contribution in [3.8, 4) is 0 Å². The summed E-state index contributed by atoms with van der Waals surface area (Å²) in [5.74, 6) is 0.848. The minimum Gasteiger partial charge on any atom is -0.341 e. The number of aryl methyl sites for hydroxylation is 1. The Labute approximate surface area is 115 Å². The van der Waals surface area contributed by atoms with Crippen molar-refractivity contribution in [1.29, 1.82) is 0 Å². The number of fused-ring (bicyclic) bond motifs is 4. The highest BCUT2D eigenvalue weighted by Gasteiger charge is 2.22. The molecular formula is C16H13NOS. The summed E-state index contributed by atoms with van der Waals surface area (Å²) in [5, 5.41) is 2.54. The van der Waals surface area contributed by atoms with Crippen LogP contribution in [0.15, 0.2) is 41.3 Å². The zero-order valence-electron chi connectivity index (χ0n) is 10.6. The van der Waals surface area contributed by atoms with Gasteiger partial charge < -0.3 is 4.57 Å². The molecule has 0 unspecified atom stereocenters. The van der Waals surface area contributed by atoms with E-state index in [9.17, 15) is 4.79 Å². The molecule has 4 rings (SSSR count). The first kappa shape index (κ1) is 11.1. The molecule has 0 N–H and O–H groups in total. The molecule has 1 aliphatic heterocycles. The lowest BCUT2D eigenvalue weighted by Gasteiger charge is -2.04. The highest BCUT2D eigenvalue weighted by Crippen LogP contribution is 2.38. The van der Waals surface area contributed by atoms with E-state index in [1.54, 1.807) is 11.8 Å². The van der Waals surface area contributed by atoms with E-state index < -0.39 is 0 Å². The molecule has 19 heavy (non-hydrogen) atoms. The molecule has 1 aromatic heterocycles. The Hall–Kier alpha value is -1.74. The van der Waals surface area contributed by atoms with Gasteiger partial charge in [0.05, 0.1) is 5.75 Å². The van der Waals surface area contributed by atoms with Crippen LogP contribution in [0.1, 0.15) is 17.3 Å². The molecule has 3 aromatic rings. The van der Waals surface area contributed by atoms with Gasteiger partial charge in [-0.2, -0.15) is 0 Å². The van der Waals surface area contributed by atoms with Crippen LogP contribution in [0.4, 0.5) is 0 Å². The summed E-state index contributed by atoms with van der Waals surface area (Å²) in [6.45, 7) is 3.07. The van der Waals surface area contributed by atoms with Gasteiger partial charge in [-0.15, -0.1) is 11.8 Å². The Kier molecular flexibility index (Phi) is 2.27. The summed E-state index contributed by atoms with van der Waals surface area (Å²) in [6, 6.07) is 12.7. The van der Waals surface area contributed by atoms with Crippen LogP contribution in [-0.4, -0.2) is 16.1 Å². The maximum absolute atomic E-state index is 11.9. The fourth-order valence-corrected chi connectivity index (χ4v) is 3.94. The number of Topliss-reactive ketones (excluding diaryl/α,β-unsaturated/α-hetero) is 1. The molecule has 0 fully saturated rings. The zero-order chi connectivity index (χ0) is 13.0. The fraction of sp³-hybridized carbons (Fsp3) is 0.188. The normalized spacial score (nSPS) is 14.5. The van der Waals surface area contributed by atoms with E-state index in [0.29, 0.717) is 5.75 Å². The first-order valence-electron chi connectivity index (χ1n) is 6.50. The maximum atomic E-state index is 11.9. The summed E-state index contributed by atoms with van der Waals surface area (Å²) in [7, 11) is 0. The standard InChI is InChI=1S/C16H13NOS/c1-2-17-13-6-4-3-5-10(13)11-8-16-12(7-14(11)17)15(18)9-19-16/h3-8H,2,9H2,1H3. The van der Waals surface area contributed by atoms with Crippen LogP contribution in [0, 0.1) is 0 Å². The Bertz CT molecular complexity index is 831. The minimum absolute atomic E-state index is 0.259. The fourth-order valence-electron chi connectivity index (χ4n) is 2.97. The van der Waals surface area contributed by atoms with E-state index in [1.165, 1.54) is 21.8 Å². The molecule has 94 valence electrons. The average molecular weight is 267 g/mol. The lowest BCUT2D eigenvalue weighted by Crippen LogP contribution is -1.97. The first-order valence-corrected chi connectivity index (χ1v) is 7.49. The van der Waals surface area contributed by atoms with Crippen molar-refractivity contribution < 1.29 is 4.79 Å². The summed E-state index contributed by atoms with van der Waals surface area (Å²) in [6.07, 6.45) is 0. The van der Waals surface area contributed by atoms with Crippen LogP contribution < -0.4 is 0 Å². The monoisotopic (exact) mass is 267 g/mol. The molecular weight excluding hydrogens is 254 g/mol. The van der Waals surface area contributed by atoms with E-state index >= 15 is 0 Å². The number of aromatic nitrogens is 1. The van der Waals surface area contributed by atoms with Crippen LogP contribution in [-0.2, 0) is 6.54 Å². The van der Waals surface area contributed by atoms with Crippen molar-refractivity contribution in [1.82, 2.24) is 4.57 Å². The van der Waals surface area contributed by atoms with Gasteiger partial charge in [-0.05, 0) is 25.1 Å². The quantitative estimate of drug-likeness (QED) is 0.662. The van der Waals surface area contributed by atoms with Crippen molar-refractivity contribution in [3.05, 3.63) is 42.0 Å². The van der Waals surface area contributed by atoms with E-state index in [0.717, 1.165) is 17.0 Å². The largest absolute Gasteiger partial charge is 0.341 e. The number of nitrogens with zero attached hydrogens (tertiary/aromatic N) is 1. The van der Waals surface area contributed by atoms with Crippen LogP contribution in [0.2, 0.25) is 0 Å². The third-order valence-electron chi connectivity index (χ3n) is 3.85. The van der Waals surface area contributed by atoms with Crippen LogP contribution in [0.3, 0.4) is 0 Å². The second-order valence-electron chi connectivity index (χ2n) is 4.84. The molecule has 0 spiro atoms. The summed E-state index contributed by atoms with van der Waals surface area (Å²) < 4.78 is 2.29. The predicted molar refractivity (Wildman–Crippen MR) is 80.2 cm³/mol. The number of hydrogen-bond acceptors (Lipinski definition) is 2. The Morgan fingerprint density at radius 3 is 2.84 bits per heavy atom. The molecule has 0 saturated carbocycles. The van der Waals surface area contributed by atoms with Gasteiger partial charge in [0.2, 0.25) is 0 Å². The lowest BCUT2D eigenvalue weighted by atomic mass is 10.1. The molecule has 0 radical (unpaired) electrons. The molecule has 3 heteroatoms. The maximum Gasteiger partial charge on any atom is 0.174 e. The van der Waals surface area contributed by atoms with Gasteiger partial charge in [0.25, 0.3) is 0 Å². The Balaban J connectivity index is 2.21. The Morgan fingerprint density at radius 2 is 2.00 bits per heavy atom. The topological polar surface area (TPSA) is 22.0 Å². The highest BCUT2D eigenvalue weighted by molar-refractivity contribution is 8.00. The second-order valence-corrected chi connectivity index (χ2v) is 5.86. The van der Waals surface area contributed by atoms with Crippen LogP contribution in [0.5, 0.6) is 0 Å². The molecule has 0 amide bonds. The number of carbonyl (C=O) groups excluding carboxylic acids is 1. The van der Waals surface area contributed by atoms with Gasteiger partial charge in [0.1, 0.15) is 0 Å². The number of carbonyl (C=O) groups is 1. The summed E-state index contributed by atoms with van der Waals surface area (Å²) >= 11 is 1.66. The van der Waals surface area contributed by atoms with E-state index in [2.05, 4.69) is 47.9 Å². The minimum atomic E-state index is 0.259.